The SMILES string of the molecule is c1ccc(-n2nc3c4ccccc4cc[n+]3n2)cc1. The van der Waals surface area contributed by atoms with Crippen molar-refractivity contribution in [1.29, 1.82) is 0 Å². The van der Waals surface area contributed by atoms with Crippen molar-refractivity contribution < 1.29 is 4.52 Å². The van der Waals surface area contributed by atoms with Crippen molar-refractivity contribution in [3.63, 3.8) is 0 Å². The summed E-state index contributed by atoms with van der Waals surface area (Å²) in [5.74, 6) is 0. The van der Waals surface area contributed by atoms with Gasteiger partial charge in [-0.15, -0.1) is 4.52 Å². The van der Waals surface area contributed by atoms with Gasteiger partial charge in [0, 0.05) is 4.80 Å². The summed E-state index contributed by atoms with van der Waals surface area (Å²) in [5, 5.41) is 11.3. The Morgan fingerprint density at radius 2 is 1.63 bits per heavy atom. The lowest BCUT2D eigenvalue weighted by Crippen LogP contribution is -2.23. The summed E-state index contributed by atoms with van der Waals surface area (Å²) < 4.78 is 1.80. The van der Waals surface area contributed by atoms with Crippen LogP contribution in [0.5, 0.6) is 0 Å². The zero-order valence-corrected chi connectivity index (χ0v) is 10.1. The highest BCUT2D eigenvalue weighted by Gasteiger charge is 2.15. The molecule has 0 saturated heterocycles. The zero-order valence-electron chi connectivity index (χ0n) is 10.1. The highest BCUT2D eigenvalue weighted by molar-refractivity contribution is 5.91. The largest absolute Gasteiger partial charge is 0.335 e. The molecule has 0 radical (unpaired) electrons. The van der Waals surface area contributed by atoms with Gasteiger partial charge in [0.1, 0.15) is 0 Å². The Balaban J connectivity index is 2.04. The van der Waals surface area contributed by atoms with Gasteiger partial charge in [-0.3, -0.25) is 0 Å². The zero-order chi connectivity index (χ0) is 12.7. The molecule has 0 saturated carbocycles. The van der Waals surface area contributed by atoms with Gasteiger partial charge in [-0.25, -0.2) is 0 Å². The number of tetrazole rings is 1. The molecule has 0 atom stereocenters. The molecule has 0 aliphatic heterocycles. The van der Waals surface area contributed by atoms with Crippen molar-refractivity contribution >= 4 is 16.4 Å². The van der Waals surface area contributed by atoms with Crippen molar-refractivity contribution in [1.82, 2.24) is 15.1 Å². The molecule has 0 bridgehead atoms. The van der Waals surface area contributed by atoms with E-state index in [9.17, 15) is 0 Å². The molecule has 0 aliphatic carbocycles. The number of hydrogen-bond acceptors (Lipinski definition) is 2. The van der Waals surface area contributed by atoms with Crippen molar-refractivity contribution in [3.05, 3.63) is 66.9 Å². The third-order valence-electron chi connectivity index (χ3n) is 3.17. The topological polar surface area (TPSA) is 34.8 Å². The van der Waals surface area contributed by atoms with Gasteiger partial charge in [0.05, 0.1) is 21.9 Å². The third-order valence-corrected chi connectivity index (χ3v) is 3.17. The minimum absolute atomic E-state index is 0.863. The van der Waals surface area contributed by atoms with Crippen LogP contribution in [0, 0.1) is 0 Å². The lowest BCUT2D eigenvalue weighted by Gasteiger charge is -1.91. The predicted octanol–water partition coefficient (Wildman–Crippen LogP) is 2.16. The van der Waals surface area contributed by atoms with Crippen LogP contribution < -0.4 is 4.52 Å². The van der Waals surface area contributed by atoms with Gasteiger partial charge >= 0.3 is 5.65 Å². The van der Waals surface area contributed by atoms with Crippen LogP contribution in [0.15, 0.2) is 66.9 Å². The van der Waals surface area contributed by atoms with Gasteiger partial charge in [0.25, 0.3) is 0 Å². The van der Waals surface area contributed by atoms with Crippen LogP contribution in [0.1, 0.15) is 0 Å². The normalized spacial score (nSPS) is 11.2. The maximum absolute atomic E-state index is 4.58. The number of benzene rings is 2. The Morgan fingerprint density at radius 1 is 0.842 bits per heavy atom. The van der Waals surface area contributed by atoms with Crippen molar-refractivity contribution in [2.45, 2.75) is 0 Å². The fourth-order valence-corrected chi connectivity index (χ4v) is 2.23. The van der Waals surface area contributed by atoms with E-state index in [1.807, 2.05) is 54.7 Å². The Labute approximate surface area is 109 Å². The summed E-state index contributed by atoms with van der Waals surface area (Å²) in [6.45, 7) is 0. The average Bonchev–Trinajstić information content (AvgIpc) is 2.93. The Morgan fingerprint density at radius 3 is 2.53 bits per heavy atom. The van der Waals surface area contributed by atoms with Gasteiger partial charge in [0.15, 0.2) is 5.69 Å². The van der Waals surface area contributed by atoms with Crippen molar-refractivity contribution in [2.75, 3.05) is 0 Å². The maximum Gasteiger partial charge on any atom is 0.335 e. The van der Waals surface area contributed by atoms with E-state index in [-0.39, 0.29) is 0 Å². The number of pyridine rings is 1. The van der Waals surface area contributed by atoms with E-state index in [0.717, 1.165) is 16.7 Å². The van der Waals surface area contributed by atoms with Gasteiger partial charge in [-0.1, -0.05) is 36.4 Å². The fraction of sp³-hybridized carbons (Fsp3) is 0. The van der Waals surface area contributed by atoms with E-state index in [1.54, 1.807) is 9.31 Å². The Hall–Kier alpha value is -2.75. The summed E-state index contributed by atoms with van der Waals surface area (Å²) in [5.41, 5.74) is 1.82. The molecule has 90 valence electrons. The number of nitrogens with zero attached hydrogens (tertiary/aromatic N) is 4. The summed E-state index contributed by atoms with van der Waals surface area (Å²) in [4.78, 5) is 1.65. The van der Waals surface area contributed by atoms with Crippen molar-refractivity contribution in [3.8, 4) is 5.69 Å². The van der Waals surface area contributed by atoms with E-state index in [2.05, 4.69) is 22.4 Å². The predicted molar refractivity (Wildman–Crippen MR) is 72.0 cm³/mol. The van der Waals surface area contributed by atoms with Gasteiger partial charge in [0.2, 0.25) is 0 Å². The van der Waals surface area contributed by atoms with E-state index in [4.69, 9.17) is 0 Å². The van der Waals surface area contributed by atoms with Crippen LogP contribution >= 0.6 is 0 Å². The summed E-state index contributed by atoms with van der Waals surface area (Å²) in [6, 6.07) is 20.2. The van der Waals surface area contributed by atoms with Gasteiger partial charge in [-0.05, 0) is 29.7 Å². The first-order valence-electron chi connectivity index (χ1n) is 6.14. The summed E-state index contributed by atoms with van der Waals surface area (Å²) >= 11 is 0. The molecule has 0 aliphatic rings. The number of para-hydroxylation sites is 1. The molecular weight excluding hydrogens is 236 g/mol. The van der Waals surface area contributed by atoms with Gasteiger partial charge < -0.3 is 0 Å². The lowest BCUT2D eigenvalue weighted by molar-refractivity contribution is -0.582. The standard InChI is InChI=1S/C15H11N4/c1-2-7-13(8-3-1)19-16-15-14-9-5-4-6-12(14)10-11-18(15)17-19/h1-11H/q+1. The molecule has 2 aromatic heterocycles. The molecule has 4 nitrogen and oxygen atoms in total. The second-order valence-corrected chi connectivity index (χ2v) is 4.39. The minimum Gasteiger partial charge on any atom is -0.105 e. The molecule has 0 amide bonds. The molecule has 0 fully saturated rings. The first kappa shape index (κ1) is 10.2. The average molecular weight is 247 g/mol. The van der Waals surface area contributed by atoms with E-state index < -0.39 is 0 Å². The van der Waals surface area contributed by atoms with Crippen LogP contribution in [0.25, 0.3) is 22.1 Å². The Bertz CT molecular complexity index is 865. The fourth-order valence-electron chi connectivity index (χ4n) is 2.23. The van der Waals surface area contributed by atoms with Crippen LogP contribution in [-0.4, -0.2) is 15.1 Å². The summed E-state index contributed by atoms with van der Waals surface area (Å²) in [7, 11) is 0. The first-order valence-corrected chi connectivity index (χ1v) is 6.14. The Kier molecular flexibility index (Phi) is 2.08. The molecule has 4 rings (SSSR count). The van der Waals surface area contributed by atoms with Crippen LogP contribution in [0.2, 0.25) is 0 Å². The van der Waals surface area contributed by atoms with E-state index in [1.165, 1.54) is 5.39 Å². The second kappa shape index (κ2) is 3.88. The lowest BCUT2D eigenvalue weighted by atomic mass is 10.2. The molecule has 0 spiro atoms. The first-order chi connectivity index (χ1) is 9.42. The molecule has 0 unspecified atom stereocenters. The van der Waals surface area contributed by atoms with Crippen LogP contribution in [0.4, 0.5) is 0 Å². The molecule has 2 aromatic carbocycles. The monoisotopic (exact) mass is 247 g/mol. The number of fused-ring (bicyclic) bond motifs is 3. The number of hydrogen-bond donors (Lipinski definition) is 0. The van der Waals surface area contributed by atoms with E-state index in [0.29, 0.717) is 0 Å². The van der Waals surface area contributed by atoms with E-state index >= 15 is 0 Å². The van der Waals surface area contributed by atoms with Gasteiger partial charge in [-0.2, -0.15) is 0 Å². The smallest absolute Gasteiger partial charge is 0.105 e. The maximum atomic E-state index is 4.58. The highest BCUT2D eigenvalue weighted by atomic mass is 15.6. The highest BCUT2D eigenvalue weighted by Crippen LogP contribution is 2.14. The molecule has 4 aromatic rings. The molecule has 19 heavy (non-hydrogen) atoms. The van der Waals surface area contributed by atoms with Crippen LogP contribution in [-0.2, 0) is 0 Å². The third kappa shape index (κ3) is 1.57. The molecule has 4 heteroatoms. The molecule has 0 N–H and O–H groups in total. The molecule has 2 heterocycles. The molecular formula is C15H11N4+. The van der Waals surface area contributed by atoms with Crippen molar-refractivity contribution in [2.24, 2.45) is 0 Å². The number of aromatic nitrogens is 4. The number of rotatable bonds is 1. The summed E-state index contributed by atoms with van der Waals surface area (Å²) in [6.07, 6.45) is 1.93. The second-order valence-electron chi connectivity index (χ2n) is 4.39. The minimum atomic E-state index is 0.863. The quantitative estimate of drug-likeness (QED) is 0.483. The van der Waals surface area contributed by atoms with Crippen LogP contribution in [0.3, 0.4) is 0 Å².